The molecule has 0 bridgehead atoms. The van der Waals surface area contributed by atoms with Crippen molar-refractivity contribution in [2.45, 2.75) is 62.6 Å². The van der Waals surface area contributed by atoms with Crippen LogP contribution in [0.25, 0.3) is 0 Å². The van der Waals surface area contributed by atoms with E-state index in [9.17, 15) is 5.11 Å². The van der Waals surface area contributed by atoms with Crippen LogP contribution in [0.3, 0.4) is 0 Å². The Morgan fingerprint density at radius 3 is 2.53 bits per heavy atom. The summed E-state index contributed by atoms with van der Waals surface area (Å²) in [6, 6.07) is 18.3. The van der Waals surface area contributed by atoms with E-state index in [1.807, 2.05) is 0 Å². The first-order valence-corrected chi connectivity index (χ1v) is 12.7. The van der Waals surface area contributed by atoms with Gasteiger partial charge in [0.25, 0.3) is 0 Å². The molecule has 160 valence electrons. The number of piperidine rings is 2. The zero-order chi connectivity index (χ0) is 20.6. The Hall–Kier alpha value is -0.950. The third-order valence-corrected chi connectivity index (χ3v) is 8.58. The molecule has 2 aromatic rings. The highest BCUT2D eigenvalue weighted by Gasteiger charge is 2.42. The van der Waals surface area contributed by atoms with Crippen molar-refractivity contribution in [2.75, 3.05) is 26.2 Å². The van der Waals surface area contributed by atoms with Crippen LogP contribution in [0.1, 0.15) is 48.8 Å². The standard InChI is InChI=1S/C26H33IN2O/c27-22-9-7-20(8-10-22)18-28-15-11-25(30)24(19-28)29-16-13-26(14-17-29)12-3-5-21-4-1-2-6-23(21)26/h1-2,4,6-10,24-25,30H,3,5,11-19H2/t24-,25-/m1/s1. The van der Waals surface area contributed by atoms with Crippen LogP contribution in [0.4, 0.5) is 0 Å². The zero-order valence-electron chi connectivity index (χ0n) is 17.8. The number of fused-ring (bicyclic) bond motifs is 2. The van der Waals surface area contributed by atoms with Gasteiger partial charge in [0, 0.05) is 29.2 Å². The van der Waals surface area contributed by atoms with E-state index in [-0.39, 0.29) is 12.1 Å². The van der Waals surface area contributed by atoms with Crippen molar-refractivity contribution in [2.24, 2.45) is 0 Å². The predicted octanol–water partition coefficient (Wildman–Crippen LogP) is 4.60. The number of hydrogen-bond donors (Lipinski definition) is 1. The second kappa shape index (κ2) is 8.89. The number of nitrogens with zero attached hydrogens (tertiary/aromatic N) is 2. The third-order valence-electron chi connectivity index (χ3n) is 7.86. The molecule has 0 aromatic heterocycles. The monoisotopic (exact) mass is 516 g/mol. The van der Waals surface area contributed by atoms with Gasteiger partial charge in [-0.15, -0.1) is 0 Å². The van der Waals surface area contributed by atoms with E-state index in [1.165, 1.54) is 41.2 Å². The lowest BCUT2D eigenvalue weighted by Gasteiger charge is -2.50. The van der Waals surface area contributed by atoms with Crippen molar-refractivity contribution in [3.8, 4) is 0 Å². The molecule has 3 nitrogen and oxygen atoms in total. The Labute approximate surface area is 194 Å². The molecule has 0 amide bonds. The number of aliphatic hydroxyl groups is 1. The lowest BCUT2D eigenvalue weighted by molar-refractivity contribution is -0.0298. The van der Waals surface area contributed by atoms with Crippen molar-refractivity contribution >= 4 is 22.6 Å². The quantitative estimate of drug-likeness (QED) is 0.605. The average Bonchev–Trinajstić information content (AvgIpc) is 2.78. The molecular weight excluding hydrogens is 483 g/mol. The van der Waals surface area contributed by atoms with Gasteiger partial charge in [0.2, 0.25) is 0 Å². The van der Waals surface area contributed by atoms with Crippen molar-refractivity contribution < 1.29 is 5.11 Å². The van der Waals surface area contributed by atoms with Gasteiger partial charge < -0.3 is 5.11 Å². The Morgan fingerprint density at radius 2 is 1.73 bits per heavy atom. The summed E-state index contributed by atoms with van der Waals surface area (Å²) in [5, 5.41) is 10.8. The summed E-state index contributed by atoms with van der Waals surface area (Å²) in [7, 11) is 0. The fourth-order valence-corrected chi connectivity index (χ4v) is 6.51. The fraction of sp³-hybridized carbons (Fsp3) is 0.538. The predicted molar refractivity (Wildman–Crippen MR) is 131 cm³/mol. The van der Waals surface area contributed by atoms with Gasteiger partial charge in [-0.25, -0.2) is 0 Å². The van der Waals surface area contributed by atoms with E-state index in [0.717, 1.165) is 39.1 Å². The average molecular weight is 516 g/mol. The molecule has 1 N–H and O–H groups in total. The topological polar surface area (TPSA) is 26.7 Å². The molecule has 1 aliphatic carbocycles. The molecule has 0 saturated carbocycles. The number of halogens is 1. The number of rotatable bonds is 3. The highest BCUT2D eigenvalue weighted by atomic mass is 127. The number of hydrogen-bond acceptors (Lipinski definition) is 3. The van der Waals surface area contributed by atoms with Gasteiger partial charge in [0.05, 0.1) is 6.10 Å². The van der Waals surface area contributed by atoms with Crippen LogP contribution in [0.15, 0.2) is 48.5 Å². The van der Waals surface area contributed by atoms with Crippen LogP contribution in [0.5, 0.6) is 0 Å². The van der Waals surface area contributed by atoms with Crippen molar-refractivity contribution in [1.29, 1.82) is 0 Å². The van der Waals surface area contributed by atoms with Gasteiger partial charge in [0.15, 0.2) is 0 Å². The molecule has 2 saturated heterocycles. The Bertz CT molecular complexity index is 860. The van der Waals surface area contributed by atoms with Crippen LogP contribution < -0.4 is 0 Å². The van der Waals surface area contributed by atoms with E-state index in [2.05, 4.69) is 80.9 Å². The molecule has 1 spiro atoms. The molecule has 2 aliphatic heterocycles. The second-order valence-electron chi connectivity index (χ2n) is 9.61. The van der Waals surface area contributed by atoms with Gasteiger partial charge in [-0.3, -0.25) is 9.80 Å². The first-order chi connectivity index (χ1) is 14.6. The minimum absolute atomic E-state index is 0.189. The Morgan fingerprint density at radius 1 is 0.967 bits per heavy atom. The van der Waals surface area contributed by atoms with E-state index >= 15 is 0 Å². The van der Waals surface area contributed by atoms with Crippen molar-refractivity contribution in [1.82, 2.24) is 9.80 Å². The summed E-state index contributed by atoms with van der Waals surface area (Å²) in [6.07, 6.45) is 7.09. The maximum absolute atomic E-state index is 10.8. The molecule has 0 unspecified atom stereocenters. The van der Waals surface area contributed by atoms with Crippen LogP contribution >= 0.6 is 22.6 Å². The molecule has 2 fully saturated rings. The molecule has 4 heteroatoms. The van der Waals surface area contributed by atoms with Crippen LogP contribution in [-0.4, -0.2) is 53.2 Å². The maximum Gasteiger partial charge on any atom is 0.0720 e. The summed E-state index contributed by atoms with van der Waals surface area (Å²) in [6.45, 7) is 5.21. The number of aliphatic hydroxyl groups excluding tert-OH is 1. The lowest BCUT2D eigenvalue weighted by Crippen LogP contribution is -2.58. The molecule has 2 aromatic carbocycles. The van der Waals surface area contributed by atoms with Crippen LogP contribution in [0.2, 0.25) is 0 Å². The molecule has 2 heterocycles. The first-order valence-electron chi connectivity index (χ1n) is 11.6. The highest BCUT2D eigenvalue weighted by Crippen LogP contribution is 2.45. The van der Waals surface area contributed by atoms with Crippen molar-refractivity contribution in [3.05, 3.63) is 68.8 Å². The first kappa shape index (κ1) is 20.9. The minimum Gasteiger partial charge on any atom is -0.391 e. The third kappa shape index (κ3) is 4.21. The van der Waals surface area contributed by atoms with E-state index in [0.29, 0.717) is 5.41 Å². The highest BCUT2D eigenvalue weighted by molar-refractivity contribution is 14.1. The molecule has 30 heavy (non-hydrogen) atoms. The zero-order valence-corrected chi connectivity index (χ0v) is 19.9. The summed E-state index contributed by atoms with van der Waals surface area (Å²) >= 11 is 2.37. The van der Waals surface area contributed by atoms with E-state index in [1.54, 1.807) is 11.1 Å². The number of benzene rings is 2. The molecule has 5 rings (SSSR count). The lowest BCUT2D eigenvalue weighted by atomic mass is 9.64. The largest absolute Gasteiger partial charge is 0.391 e. The maximum atomic E-state index is 10.8. The molecular formula is C26H33IN2O. The normalized spacial score (nSPS) is 27.1. The van der Waals surface area contributed by atoms with Crippen LogP contribution in [-0.2, 0) is 18.4 Å². The van der Waals surface area contributed by atoms with Gasteiger partial charge >= 0.3 is 0 Å². The smallest absolute Gasteiger partial charge is 0.0720 e. The van der Waals surface area contributed by atoms with Crippen LogP contribution in [0, 0.1) is 3.57 Å². The van der Waals surface area contributed by atoms with Gasteiger partial charge in [-0.1, -0.05) is 36.4 Å². The van der Waals surface area contributed by atoms with E-state index in [4.69, 9.17) is 0 Å². The number of likely N-dealkylation sites (tertiary alicyclic amines) is 2. The van der Waals surface area contributed by atoms with Gasteiger partial charge in [0.1, 0.15) is 0 Å². The number of aryl methyl sites for hydroxylation is 1. The van der Waals surface area contributed by atoms with E-state index < -0.39 is 0 Å². The Balaban J connectivity index is 1.25. The molecule has 2 atom stereocenters. The Kier molecular flexibility index (Phi) is 6.20. The summed E-state index contributed by atoms with van der Waals surface area (Å²) in [5.41, 5.74) is 4.97. The summed E-state index contributed by atoms with van der Waals surface area (Å²) in [5.74, 6) is 0. The molecule has 0 radical (unpaired) electrons. The minimum atomic E-state index is -0.189. The summed E-state index contributed by atoms with van der Waals surface area (Å²) in [4.78, 5) is 5.15. The molecule has 3 aliphatic rings. The van der Waals surface area contributed by atoms with Gasteiger partial charge in [-0.2, -0.15) is 0 Å². The summed E-state index contributed by atoms with van der Waals surface area (Å²) < 4.78 is 1.29. The van der Waals surface area contributed by atoms with Crippen molar-refractivity contribution in [3.63, 3.8) is 0 Å². The van der Waals surface area contributed by atoms with Gasteiger partial charge in [-0.05, 0) is 108 Å². The SMILES string of the molecule is O[C@@H]1CCN(Cc2ccc(I)cc2)C[C@H]1N1CCC2(CCCc3ccccc32)CC1. The second-order valence-corrected chi connectivity index (χ2v) is 10.9. The fourth-order valence-electron chi connectivity index (χ4n) is 6.15.